The van der Waals surface area contributed by atoms with Gasteiger partial charge in [0.2, 0.25) is 5.91 Å². The highest BCUT2D eigenvalue weighted by molar-refractivity contribution is 6.23. The van der Waals surface area contributed by atoms with Gasteiger partial charge in [0.1, 0.15) is 6.04 Å². The predicted octanol–water partition coefficient (Wildman–Crippen LogP) is 2.93. The van der Waals surface area contributed by atoms with Gasteiger partial charge < -0.3 is 5.32 Å². The fourth-order valence-electron chi connectivity index (χ4n) is 3.87. The molecule has 0 saturated heterocycles. The van der Waals surface area contributed by atoms with E-state index in [9.17, 15) is 14.4 Å². The van der Waals surface area contributed by atoms with Crippen molar-refractivity contribution in [3.63, 3.8) is 0 Å². The molecule has 3 heterocycles. The first-order chi connectivity index (χ1) is 14.3. The van der Waals surface area contributed by atoms with Crippen molar-refractivity contribution in [2.45, 2.75) is 33.2 Å². The van der Waals surface area contributed by atoms with Crippen LogP contribution >= 0.6 is 0 Å². The van der Waals surface area contributed by atoms with Crippen molar-refractivity contribution in [2.75, 3.05) is 5.32 Å². The van der Waals surface area contributed by atoms with Crippen molar-refractivity contribution in [3.8, 4) is 0 Å². The van der Waals surface area contributed by atoms with Gasteiger partial charge in [-0.25, -0.2) is 4.98 Å². The second-order valence-electron chi connectivity index (χ2n) is 7.96. The summed E-state index contributed by atoms with van der Waals surface area (Å²) < 4.78 is 1.68. The molecule has 3 aromatic rings. The highest BCUT2D eigenvalue weighted by atomic mass is 16.2. The third-order valence-electron chi connectivity index (χ3n) is 5.26. The van der Waals surface area contributed by atoms with Crippen LogP contribution in [0.2, 0.25) is 0 Å². The molecule has 4 rings (SSSR count). The molecule has 0 spiro atoms. The number of rotatable bonds is 5. The number of benzene rings is 1. The maximum atomic E-state index is 13.2. The third-order valence-corrected chi connectivity index (χ3v) is 5.26. The van der Waals surface area contributed by atoms with Crippen LogP contribution in [0, 0.1) is 12.8 Å². The Kier molecular flexibility index (Phi) is 4.85. The Morgan fingerprint density at radius 2 is 1.77 bits per heavy atom. The number of imide groups is 1. The molecule has 1 aliphatic rings. The van der Waals surface area contributed by atoms with Crippen LogP contribution in [0.1, 0.15) is 46.7 Å². The second-order valence-corrected chi connectivity index (χ2v) is 7.96. The number of nitrogens with one attached hydrogen (secondary N) is 1. The molecule has 0 radical (unpaired) electrons. The van der Waals surface area contributed by atoms with Crippen LogP contribution in [0.3, 0.4) is 0 Å². The number of aromatic nitrogens is 3. The van der Waals surface area contributed by atoms with Gasteiger partial charge in [-0.2, -0.15) is 5.10 Å². The second kappa shape index (κ2) is 7.37. The molecule has 1 atom stereocenters. The average molecular weight is 405 g/mol. The monoisotopic (exact) mass is 405 g/mol. The first kappa shape index (κ1) is 19.8. The Bertz CT molecular complexity index is 1150. The van der Waals surface area contributed by atoms with E-state index in [-0.39, 0.29) is 5.92 Å². The van der Waals surface area contributed by atoms with Gasteiger partial charge in [0.15, 0.2) is 5.65 Å². The Labute approximate surface area is 173 Å². The molecule has 1 aromatic carbocycles. The fraction of sp³-hybridized carbons (Fsp3) is 0.318. The SMILES string of the molecule is Cc1nn(C)c2ncc(NC(=O)C(CC(C)C)N3C(=O)c4ccccc4C3=O)cc12. The summed E-state index contributed by atoms with van der Waals surface area (Å²) in [6.45, 7) is 5.77. The number of hydrogen-bond acceptors (Lipinski definition) is 5. The largest absolute Gasteiger partial charge is 0.323 e. The zero-order valence-electron chi connectivity index (χ0n) is 17.3. The van der Waals surface area contributed by atoms with E-state index in [1.54, 1.807) is 41.2 Å². The van der Waals surface area contributed by atoms with Gasteiger partial charge >= 0.3 is 0 Å². The summed E-state index contributed by atoms with van der Waals surface area (Å²) in [4.78, 5) is 44.5. The summed E-state index contributed by atoms with van der Waals surface area (Å²) >= 11 is 0. The number of pyridine rings is 1. The highest BCUT2D eigenvalue weighted by Gasteiger charge is 2.42. The molecule has 0 bridgehead atoms. The Hall–Kier alpha value is -3.55. The van der Waals surface area contributed by atoms with Crippen LogP contribution in [0.5, 0.6) is 0 Å². The number of anilines is 1. The van der Waals surface area contributed by atoms with Gasteiger partial charge in [0.25, 0.3) is 11.8 Å². The van der Waals surface area contributed by atoms with E-state index in [0.717, 1.165) is 16.0 Å². The molecule has 154 valence electrons. The lowest BCUT2D eigenvalue weighted by atomic mass is 10.0. The van der Waals surface area contributed by atoms with Crippen LogP contribution in [-0.2, 0) is 11.8 Å². The molecule has 30 heavy (non-hydrogen) atoms. The fourth-order valence-corrected chi connectivity index (χ4v) is 3.87. The van der Waals surface area contributed by atoms with Crippen molar-refractivity contribution >= 4 is 34.4 Å². The molecule has 8 heteroatoms. The van der Waals surface area contributed by atoms with E-state index in [2.05, 4.69) is 15.4 Å². The van der Waals surface area contributed by atoms with E-state index in [1.807, 2.05) is 27.8 Å². The van der Waals surface area contributed by atoms with Crippen molar-refractivity contribution in [3.05, 3.63) is 53.3 Å². The predicted molar refractivity (Wildman–Crippen MR) is 112 cm³/mol. The van der Waals surface area contributed by atoms with E-state index < -0.39 is 23.8 Å². The lowest BCUT2D eigenvalue weighted by molar-refractivity contribution is -0.120. The quantitative estimate of drug-likeness (QED) is 0.658. The number of fused-ring (bicyclic) bond motifs is 2. The van der Waals surface area contributed by atoms with Crippen molar-refractivity contribution in [1.29, 1.82) is 0 Å². The van der Waals surface area contributed by atoms with Crippen LogP contribution in [-0.4, -0.2) is 43.4 Å². The number of carbonyl (C=O) groups excluding carboxylic acids is 3. The standard InChI is InChI=1S/C22H23N5O3/c1-12(2)9-18(27-21(29)15-7-5-6-8-16(15)22(27)30)20(28)24-14-10-17-13(3)25-26(4)19(17)23-11-14/h5-8,10-12,18H,9H2,1-4H3,(H,24,28). The molecule has 0 fully saturated rings. The minimum atomic E-state index is -0.914. The third kappa shape index (κ3) is 3.24. The topological polar surface area (TPSA) is 97.2 Å². The average Bonchev–Trinajstić information content (AvgIpc) is 3.13. The molecular formula is C22H23N5O3. The van der Waals surface area contributed by atoms with Gasteiger partial charge in [0, 0.05) is 12.4 Å². The number of carbonyl (C=O) groups is 3. The van der Waals surface area contributed by atoms with E-state index in [0.29, 0.717) is 28.9 Å². The molecule has 1 unspecified atom stereocenters. The first-order valence-corrected chi connectivity index (χ1v) is 9.85. The van der Waals surface area contributed by atoms with Gasteiger partial charge in [-0.3, -0.25) is 24.0 Å². The number of nitrogens with zero attached hydrogens (tertiary/aromatic N) is 4. The molecule has 1 N–H and O–H groups in total. The minimum Gasteiger partial charge on any atom is -0.323 e. The molecule has 0 saturated carbocycles. The number of aryl methyl sites for hydroxylation is 2. The lowest BCUT2D eigenvalue weighted by Crippen LogP contribution is -2.47. The van der Waals surface area contributed by atoms with Crippen LogP contribution in [0.15, 0.2) is 36.5 Å². The lowest BCUT2D eigenvalue weighted by Gasteiger charge is -2.26. The molecule has 2 aromatic heterocycles. The first-order valence-electron chi connectivity index (χ1n) is 9.85. The summed E-state index contributed by atoms with van der Waals surface area (Å²) in [6, 6.07) is 7.54. The van der Waals surface area contributed by atoms with Gasteiger partial charge in [0.05, 0.1) is 28.7 Å². The normalized spacial score (nSPS) is 14.5. The van der Waals surface area contributed by atoms with Crippen molar-refractivity contribution in [2.24, 2.45) is 13.0 Å². The van der Waals surface area contributed by atoms with Gasteiger partial charge in [-0.05, 0) is 37.5 Å². The molecule has 1 aliphatic heterocycles. The van der Waals surface area contributed by atoms with Crippen molar-refractivity contribution < 1.29 is 14.4 Å². The molecular weight excluding hydrogens is 382 g/mol. The van der Waals surface area contributed by atoms with E-state index in [1.165, 1.54) is 0 Å². The Morgan fingerprint density at radius 1 is 1.13 bits per heavy atom. The summed E-state index contributed by atoms with van der Waals surface area (Å²) in [5.41, 5.74) is 2.67. The van der Waals surface area contributed by atoms with E-state index >= 15 is 0 Å². The number of hydrogen-bond donors (Lipinski definition) is 1. The van der Waals surface area contributed by atoms with Crippen LogP contribution in [0.4, 0.5) is 5.69 Å². The molecule has 3 amide bonds. The smallest absolute Gasteiger partial charge is 0.262 e. The maximum Gasteiger partial charge on any atom is 0.262 e. The van der Waals surface area contributed by atoms with Crippen molar-refractivity contribution in [1.82, 2.24) is 19.7 Å². The highest BCUT2D eigenvalue weighted by Crippen LogP contribution is 2.28. The van der Waals surface area contributed by atoms with E-state index in [4.69, 9.17) is 0 Å². The molecule has 8 nitrogen and oxygen atoms in total. The summed E-state index contributed by atoms with van der Waals surface area (Å²) in [5, 5.41) is 8.00. The minimum absolute atomic E-state index is 0.103. The number of amides is 3. The Morgan fingerprint density at radius 3 is 2.37 bits per heavy atom. The van der Waals surface area contributed by atoms with Gasteiger partial charge in [-0.1, -0.05) is 26.0 Å². The van der Waals surface area contributed by atoms with Crippen LogP contribution < -0.4 is 5.32 Å². The molecule has 0 aliphatic carbocycles. The summed E-state index contributed by atoms with van der Waals surface area (Å²) in [5.74, 6) is -1.19. The van der Waals surface area contributed by atoms with Gasteiger partial charge in [-0.15, -0.1) is 0 Å². The Balaban J connectivity index is 1.65. The van der Waals surface area contributed by atoms with Crippen LogP contribution in [0.25, 0.3) is 11.0 Å². The maximum absolute atomic E-state index is 13.2. The summed E-state index contributed by atoms with van der Waals surface area (Å²) in [6.07, 6.45) is 1.91. The zero-order valence-corrected chi connectivity index (χ0v) is 17.3. The summed E-state index contributed by atoms with van der Waals surface area (Å²) in [7, 11) is 1.81. The zero-order chi connectivity index (χ0) is 21.6.